The van der Waals surface area contributed by atoms with Gasteiger partial charge in [-0.25, -0.2) is 14.2 Å². The molecule has 166 valence electrons. The van der Waals surface area contributed by atoms with Crippen molar-refractivity contribution in [1.82, 2.24) is 14.9 Å². The summed E-state index contributed by atoms with van der Waals surface area (Å²) >= 11 is 0. The maximum absolute atomic E-state index is 13.1. The lowest BCUT2D eigenvalue weighted by atomic mass is 10.0. The third kappa shape index (κ3) is 5.09. The molecule has 0 radical (unpaired) electrons. The number of carboxylic acids is 2. The molecule has 0 aliphatic rings. The molecule has 3 rings (SSSR count). The van der Waals surface area contributed by atoms with Crippen molar-refractivity contribution >= 4 is 28.7 Å². The number of hydrogen-bond acceptors (Lipinski definition) is 5. The van der Waals surface area contributed by atoms with Gasteiger partial charge in [-0.1, -0.05) is 42.5 Å². The van der Waals surface area contributed by atoms with Crippen molar-refractivity contribution in [1.29, 1.82) is 0 Å². The second-order valence-electron chi connectivity index (χ2n) is 7.19. The van der Waals surface area contributed by atoms with Crippen LogP contribution in [0, 0.1) is 0 Å². The van der Waals surface area contributed by atoms with Gasteiger partial charge < -0.3 is 20.5 Å². The Labute approximate surface area is 181 Å². The van der Waals surface area contributed by atoms with Crippen LogP contribution in [0.5, 0.6) is 0 Å². The molecule has 0 saturated heterocycles. The van der Waals surface area contributed by atoms with Gasteiger partial charge in [-0.05, 0) is 24.1 Å². The fourth-order valence-corrected chi connectivity index (χ4v) is 3.39. The van der Waals surface area contributed by atoms with E-state index in [9.17, 15) is 29.1 Å². The minimum absolute atomic E-state index is 0.0563. The van der Waals surface area contributed by atoms with E-state index in [1.54, 1.807) is 48.5 Å². The molecule has 2 aromatic carbocycles. The van der Waals surface area contributed by atoms with E-state index >= 15 is 0 Å². The lowest BCUT2D eigenvalue weighted by molar-refractivity contribution is -0.143. The molecule has 0 aliphatic carbocycles. The Hall–Kier alpha value is -4.21. The van der Waals surface area contributed by atoms with Crippen molar-refractivity contribution in [3.63, 3.8) is 0 Å². The summed E-state index contributed by atoms with van der Waals surface area (Å²) in [5.41, 5.74) is -0.563. The molecule has 32 heavy (non-hydrogen) atoms. The number of nitrogens with zero attached hydrogens (tertiary/aromatic N) is 1. The summed E-state index contributed by atoms with van der Waals surface area (Å²) in [5, 5.41) is 20.7. The van der Waals surface area contributed by atoms with E-state index < -0.39 is 47.6 Å². The number of benzene rings is 2. The number of aromatic nitrogens is 2. The quantitative estimate of drug-likeness (QED) is 0.386. The maximum Gasteiger partial charge on any atom is 0.329 e. The first-order valence-electron chi connectivity index (χ1n) is 9.80. The smallest absolute Gasteiger partial charge is 0.329 e. The monoisotopic (exact) mass is 439 g/mol. The number of carbonyl (C=O) groups excluding carboxylic acids is 1. The van der Waals surface area contributed by atoms with Gasteiger partial charge in [-0.2, -0.15) is 0 Å². The minimum atomic E-state index is -1.49. The molecule has 1 amide bonds. The summed E-state index contributed by atoms with van der Waals surface area (Å²) < 4.78 is 0.765. The van der Waals surface area contributed by atoms with Crippen molar-refractivity contribution in [2.75, 3.05) is 0 Å². The van der Waals surface area contributed by atoms with Crippen LogP contribution >= 0.6 is 0 Å². The molecular formula is C22H21N3O7. The number of carbonyl (C=O) groups is 3. The van der Waals surface area contributed by atoms with Crippen molar-refractivity contribution in [3.8, 4) is 0 Å². The van der Waals surface area contributed by atoms with Crippen molar-refractivity contribution in [2.24, 2.45) is 0 Å². The lowest BCUT2D eigenvalue weighted by Gasteiger charge is -2.22. The Balaban J connectivity index is 2.05. The van der Waals surface area contributed by atoms with E-state index in [-0.39, 0.29) is 18.2 Å². The first kappa shape index (κ1) is 22.5. The molecule has 2 unspecified atom stereocenters. The topological polar surface area (TPSA) is 159 Å². The Morgan fingerprint density at radius 3 is 2.28 bits per heavy atom. The van der Waals surface area contributed by atoms with Crippen LogP contribution in [0.2, 0.25) is 0 Å². The van der Waals surface area contributed by atoms with E-state index in [0.29, 0.717) is 11.1 Å². The Bertz CT molecular complexity index is 1260. The Kier molecular flexibility index (Phi) is 6.83. The highest BCUT2D eigenvalue weighted by Gasteiger charge is 2.29. The fourth-order valence-electron chi connectivity index (χ4n) is 3.39. The molecule has 0 fully saturated rings. The van der Waals surface area contributed by atoms with Crippen LogP contribution in [-0.2, 0) is 20.8 Å². The zero-order valence-corrected chi connectivity index (χ0v) is 16.9. The van der Waals surface area contributed by atoms with Gasteiger partial charge in [0.15, 0.2) is 0 Å². The summed E-state index contributed by atoms with van der Waals surface area (Å²) in [6, 6.07) is 12.1. The number of aliphatic carboxylic acids is 2. The summed E-state index contributed by atoms with van der Waals surface area (Å²) in [4.78, 5) is 63.9. The van der Waals surface area contributed by atoms with Crippen LogP contribution in [0.4, 0.5) is 0 Å². The molecule has 1 aromatic heterocycles. The van der Waals surface area contributed by atoms with E-state index in [2.05, 4.69) is 10.3 Å². The molecule has 0 spiro atoms. The number of H-pyrrole nitrogens is 1. The number of aromatic amines is 1. The molecular weight excluding hydrogens is 418 g/mol. The van der Waals surface area contributed by atoms with Gasteiger partial charge >= 0.3 is 17.6 Å². The number of fused-ring (bicyclic) bond motifs is 1. The number of hydrogen-bond donors (Lipinski definition) is 4. The zero-order valence-electron chi connectivity index (χ0n) is 16.9. The minimum Gasteiger partial charge on any atom is -0.481 e. The summed E-state index contributed by atoms with van der Waals surface area (Å²) in [6.07, 6.45) is -0.881. The van der Waals surface area contributed by atoms with Crippen LogP contribution in [0.25, 0.3) is 10.9 Å². The first-order chi connectivity index (χ1) is 15.3. The second kappa shape index (κ2) is 9.73. The van der Waals surface area contributed by atoms with Crippen LogP contribution in [0.3, 0.4) is 0 Å². The second-order valence-corrected chi connectivity index (χ2v) is 7.19. The number of para-hydroxylation sites is 1. The predicted octanol–water partition coefficient (Wildman–Crippen LogP) is 0.908. The summed E-state index contributed by atoms with van der Waals surface area (Å²) in [6.45, 7) is 0. The molecule has 1 heterocycles. The number of rotatable bonds is 9. The van der Waals surface area contributed by atoms with Gasteiger partial charge in [0.05, 0.1) is 10.9 Å². The third-order valence-electron chi connectivity index (χ3n) is 4.98. The van der Waals surface area contributed by atoms with Crippen molar-refractivity contribution in [3.05, 3.63) is 81.0 Å². The first-order valence-corrected chi connectivity index (χ1v) is 9.80. The number of amides is 1. The highest BCUT2D eigenvalue weighted by atomic mass is 16.4. The third-order valence-corrected chi connectivity index (χ3v) is 4.98. The van der Waals surface area contributed by atoms with Crippen LogP contribution < -0.4 is 16.6 Å². The van der Waals surface area contributed by atoms with Gasteiger partial charge in [0.2, 0.25) is 5.91 Å². The van der Waals surface area contributed by atoms with Gasteiger partial charge in [0.1, 0.15) is 12.1 Å². The summed E-state index contributed by atoms with van der Waals surface area (Å²) in [5.74, 6) is -3.51. The number of nitrogens with one attached hydrogen (secondary N) is 2. The molecule has 2 atom stereocenters. The molecule has 0 saturated carbocycles. The van der Waals surface area contributed by atoms with Crippen molar-refractivity contribution < 1.29 is 24.6 Å². The van der Waals surface area contributed by atoms with E-state index in [4.69, 9.17) is 5.11 Å². The van der Waals surface area contributed by atoms with Gasteiger partial charge in [-0.15, -0.1) is 0 Å². The highest BCUT2D eigenvalue weighted by molar-refractivity contribution is 5.87. The van der Waals surface area contributed by atoms with Gasteiger partial charge in [0, 0.05) is 12.8 Å². The van der Waals surface area contributed by atoms with Crippen LogP contribution in [0.15, 0.2) is 64.2 Å². The Morgan fingerprint density at radius 2 is 1.62 bits per heavy atom. The van der Waals surface area contributed by atoms with E-state index in [1.165, 1.54) is 6.07 Å². The average molecular weight is 439 g/mol. The maximum atomic E-state index is 13.1. The normalized spacial score (nSPS) is 12.8. The summed E-state index contributed by atoms with van der Waals surface area (Å²) in [7, 11) is 0. The standard InChI is InChI=1S/C22H21N3O7/c26-18(27)11-10-16(21(30)31)23-19(28)17(12-13-6-2-1-3-7-13)25-20(29)14-8-4-5-9-15(14)24-22(25)32/h1-9,16-17H,10-12H2,(H,23,28)(H,24,32)(H,26,27)(H,30,31). The molecule has 10 nitrogen and oxygen atoms in total. The molecule has 10 heteroatoms. The largest absolute Gasteiger partial charge is 0.481 e. The molecule has 4 N–H and O–H groups in total. The number of carboxylic acid groups (broad SMARTS) is 2. The highest BCUT2D eigenvalue weighted by Crippen LogP contribution is 2.14. The Morgan fingerprint density at radius 1 is 0.969 bits per heavy atom. The van der Waals surface area contributed by atoms with E-state index in [0.717, 1.165) is 4.57 Å². The van der Waals surface area contributed by atoms with Crippen LogP contribution in [0.1, 0.15) is 24.4 Å². The lowest BCUT2D eigenvalue weighted by Crippen LogP contribution is -2.49. The zero-order chi connectivity index (χ0) is 23.3. The SMILES string of the molecule is O=C(O)CCC(NC(=O)C(Cc1ccccc1)n1c(=O)[nH]c2ccccc2c1=O)C(=O)O. The van der Waals surface area contributed by atoms with E-state index in [1.807, 2.05) is 0 Å². The molecule has 3 aromatic rings. The molecule has 0 bridgehead atoms. The predicted molar refractivity (Wildman–Crippen MR) is 114 cm³/mol. The van der Waals surface area contributed by atoms with Gasteiger partial charge in [-0.3, -0.25) is 14.4 Å². The van der Waals surface area contributed by atoms with Gasteiger partial charge in [0.25, 0.3) is 5.56 Å². The molecule has 0 aliphatic heterocycles. The van der Waals surface area contributed by atoms with Crippen LogP contribution in [-0.4, -0.2) is 43.7 Å². The average Bonchev–Trinajstić information content (AvgIpc) is 2.76. The van der Waals surface area contributed by atoms with Crippen molar-refractivity contribution in [2.45, 2.75) is 31.3 Å². The fraction of sp³-hybridized carbons (Fsp3) is 0.227.